The minimum Gasteiger partial charge on any atom is -0.457 e. The number of nitrogens with one attached hydrogen (secondary N) is 2. The van der Waals surface area contributed by atoms with Gasteiger partial charge >= 0.3 is 5.97 Å². The molecule has 0 bridgehead atoms. The topological polar surface area (TPSA) is 81.2 Å². The number of benzene rings is 2. The number of ether oxygens (including phenoxy) is 3. The number of halogens is 1. The maximum absolute atomic E-state index is 12.4. The van der Waals surface area contributed by atoms with Crippen molar-refractivity contribution in [2.24, 2.45) is 4.99 Å². The standard InChI is InChI=1S/C25H33N3O4.HI/c1-2-26-25(27-13-7-14-31-23-12-15-30-19-23)28-17-21-10-6-11-22(16-21)24(29)32-18-20-8-4-3-5-9-20;/h3-6,8-11,16,23H,2,7,12-15,17-19H2,1H3,(H2,26,27,28);1H. The quantitative estimate of drug-likeness (QED) is 0.141. The summed E-state index contributed by atoms with van der Waals surface area (Å²) in [4.78, 5) is 17.0. The molecule has 0 spiro atoms. The van der Waals surface area contributed by atoms with Gasteiger partial charge in [-0.1, -0.05) is 42.5 Å². The molecule has 1 aliphatic heterocycles. The third-order valence-corrected chi connectivity index (χ3v) is 4.99. The minimum absolute atomic E-state index is 0. The molecule has 0 saturated carbocycles. The highest BCUT2D eigenvalue weighted by Gasteiger charge is 2.15. The van der Waals surface area contributed by atoms with Gasteiger partial charge in [-0.05, 0) is 43.0 Å². The summed E-state index contributed by atoms with van der Waals surface area (Å²) in [6, 6.07) is 17.1. The normalized spacial score (nSPS) is 15.5. The van der Waals surface area contributed by atoms with E-state index in [1.165, 1.54) is 0 Å². The number of carbonyl (C=O) groups excluding carboxylic acids is 1. The summed E-state index contributed by atoms with van der Waals surface area (Å²) in [6.07, 6.45) is 2.11. The van der Waals surface area contributed by atoms with E-state index < -0.39 is 0 Å². The van der Waals surface area contributed by atoms with E-state index in [0.29, 0.717) is 25.3 Å². The summed E-state index contributed by atoms with van der Waals surface area (Å²) in [7, 11) is 0. The first kappa shape index (κ1) is 27.1. The number of hydrogen-bond acceptors (Lipinski definition) is 5. The van der Waals surface area contributed by atoms with E-state index in [4.69, 9.17) is 14.2 Å². The molecule has 1 saturated heterocycles. The Morgan fingerprint density at radius 2 is 1.94 bits per heavy atom. The molecule has 7 nitrogen and oxygen atoms in total. The van der Waals surface area contributed by atoms with Crippen LogP contribution in [0.1, 0.15) is 41.3 Å². The highest BCUT2D eigenvalue weighted by molar-refractivity contribution is 14.0. The molecule has 0 radical (unpaired) electrons. The van der Waals surface area contributed by atoms with Crippen LogP contribution in [0.15, 0.2) is 59.6 Å². The fraction of sp³-hybridized carbons (Fsp3) is 0.440. The summed E-state index contributed by atoms with van der Waals surface area (Å²) < 4.78 is 16.5. The van der Waals surface area contributed by atoms with Crippen molar-refractivity contribution in [2.75, 3.05) is 32.9 Å². The van der Waals surface area contributed by atoms with Crippen molar-refractivity contribution in [3.8, 4) is 0 Å². The lowest BCUT2D eigenvalue weighted by Crippen LogP contribution is -2.38. The summed E-state index contributed by atoms with van der Waals surface area (Å²) in [5.74, 6) is 0.408. The molecule has 1 unspecified atom stereocenters. The number of nitrogens with zero attached hydrogens (tertiary/aromatic N) is 1. The second kappa shape index (κ2) is 15.6. The van der Waals surface area contributed by atoms with E-state index >= 15 is 0 Å². The van der Waals surface area contributed by atoms with Gasteiger partial charge in [0.25, 0.3) is 0 Å². The van der Waals surface area contributed by atoms with E-state index in [2.05, 4.69) is 15.6 Å². The molecule has 1 aliphatic rings. The van der Waals surface area contributed by atoms with Crippen molar-refractivity contribution < 1.29 is 19.0 Å². The zero-order valence-corrected chi connectivity index (χ0v) is 21.5. The molecule has 3 rings (SSSR count). The summed E-state index contributed by atoms with van der Waals surface area (Å²) in [6.45, 7) is 6.50. The van der Waals surface area contributed by atoms with Gasteiger partial charge in [-0.3, -0.25) is 0 Å². The minimum atomic E-state index is -0.336. The first-order chi connectivity index (χ1) is 15.7. The SMILES string of the molecule is CCNC(=NCc1cccc(C(=O)OCc2ccccc2)c1)NCCCOC1CCOC1.I. The molecule has 8 heteroatoms. The van der Waals surface area contributed by atoms with Gasteiger partial charge in [0.1, 0.15) is 6.61 Å². The Kier molecular flexibility index (Phi) is 12.8. The van der Waals surface area contributed by atoms with Crippen molar-refractivity contribution in [2.45, 2.75) is 39.0 Å². The van der Waals surface area contributed by atoms with Crippen LogP contribution in [0, 0.1) is 0 Å². The van der Waals surface area contributed by atoms with Crippen molar-refractivity contribution in [3.63, 3.8) is 0 Å². The highest BCUT2D eigenvalue weighted by Crippen LogP contribution is 2.10. The van der Waals surface area contributed by atoms with Gasteiger partial charge in [0.05, 0.1) is 24.8 Å². The zero-order valence-electron chi connectivity index (χ0n) is 19.1. The third-order valence-electron chi connectivity index (χ3n) is 4.99. The molecule has 1 atom stereocenters. The van der Waals surface area contributed by atoms with Crippen molar-refractivity contribution >= 4 is 35.9 Å². The maximum Gasteiger partial charge on any atom is 0.338 e. The molecule has 180 valence electrons. The van der Waals surface area contributed by atoms with E-state index in [9.17, 15) is 4.79 Å². The molecule has 1 heterocycles. The number of guanidine groups is 1. The number of carbonyl (C=O) groups is 1. The molecule has 0 aromatic heterocycles. The third kappa shape index (κ3) is 10.1. The molecule has 2 N–H and O–H groups in total. The Hall–Kier alpha value is -2.17. The van der Waals surface area contributed by atoms with E-state index in [1.807, 2.05) is 55.5 Å². The number of hydrogen-bond donors (Lipinski definition) is 2. The summed E-state index contributed by atoms with van der Waals surface area (Å²) in [5, 5.41) is 6.58. The monoisotopic (exact) mass is 567 g/mol. The van der Waals surface area contributed by atoms with Gasteiger partial charge in [-0.15, -0.1) is 24.0 Å². The lowest BCUT2D eigenvalue weighted by atomic mass is 10.1. The van der Waals surface area contributed by atoms with Gasteiger partial charge in [-0.2, -0.15) is 0 Å². The van der Waals surface area contributed by atoms with Gasteiger partial charge < -0.3 is 24.8 Å². The van der Waals surface area contributed by atoms with E-state index in [1.54, 1.807) is 6.07 Å². The van der Waals surface area contributed by atoms with Crippen LogP contribution in [0.5, 0.6) is 0 Å². The van der Waals surface area contributed by atoms with Crippen LogP contribution in [-0.4, -0.2) is 50.9 Å². The van der Waals surface area contributed by atoms with Crippen LogP contribution in [0.25, 0.3) is 0 Å². The Morgan fingerprint density at radius 1 is 1.12 bits per heavy atom. The Labute approximate surface area is 213 Å². The molecule has 2 aromatic carbocycles. The fourth-order valence-electron chi connectivity index (χ4n) is 3.29. The average molecular weight is 567 g/mol. The molecular formula is C25H34IN3O4. The predicted octanol–water partition coefficient (Wildman–Crippen LogP) is 3.91. The van der Waals surface area contributed by atoms with Crippen LogP contribution in [0.3, 0.4) is 0 Å². The van der Waals surface area contributed by atoms with Crippen LogP contribution in [0.2, 0.25) is 0 Å². The molecular weight excluding hydrogens is 533 g/mol. The van der Waals surface area contributed by atoms with Gasteiger partial charge in [0.2, 0.25) is 0 Å². The number of rotatable bonds is 11. The van der Waals surface area contributed by atoms with E-state index in [0.717, 1.165) is 49.6 Å². The van der Waals surface area contributed by atoms with Crippen molar-refractivity contribution in [3.05, 3.63) is 71.3 Å². The van der Waals surface area contributed by atoms with Gasteiger partial charge in [0.15, 0.2) is 5.96 Å². The largest absolute Gasteiger partial charge is 0.457 e. The lowest BCUT2D eigenvalue weighted by molar-refractivity contribution is 0.0419. The summed E-state index contributed by atoms with van der Waals surface area (Å²) in [5.41, 5.74) is 2.44. The number of esters is 1. The molecule has 0 aliphatic carbocycles. The first-order valence-corrected chi connectivity index (χ1v) is 11.3. The van der Waals surface area contributed by atoms with Crippen molar-refractivity contribution in [1.82, 2.24) is 10.6 Å². The van der Waals surface area contributed by atoms with Gasteiger partial charge in [0, 0.05) is 26.3 Å². The second-order valence-corrected chi connectivity index (χ2v) is 7.59. The first-order valence-electron chi connectivity index (χ1n) is 11.3. The molecule has 2 aromatic rings. The maximum atomic E-state index is 12.4. The smallest absolute Gasteiger partial charge is 0.338 e. The summed E-state index contributed by atoms with van der Waals surface area (Å²) >= 11 is 0. The zero-order chi connectivity index (χ0) is 22.4. The predicted molar refractivity (Wildman–Crippen MR) is 140 cm³/mol. The molecule has 33 heavy (non-hydrogen) atoms. The lowest BCUT2D eigenvalue weighted by Gasteiger charge is -2.13. The number of aliphatic imine (C=N–C) groups is 1. The Morgan fingerprint density at radius 3 is 2.70 bits per heavy atom. The van der Waals surface area contributed by atoms with Crippen LogP contribution in [-0.2, 0) is 27.4 Å². The highest BCUT2D eigenvalue weighted by atomic mass is 127. The van der Waals surface area contributed by atoms with Crippen LogP contribution < -0.4 is 10.6 Å². The molecule has 1 fully saturated rings. The second-order valence-electron chi connectivity index (χ2n) is 7.59. The Bertz CT molecular complexity index is 858. The van der Waals surface area contributed by atoms with Gasteiger partial charge in [-0.25, -0.2) is 9.79 Å². The van der Waals surface area contributed by atoms with E-state index in [-0.39, 0.29) is 42.7 Å². The Balaban J connectivity index is 0.00000385. The fourth-order valence-corrected chi connectivity index (χ4v) is 3.29. The van der Waals surface area contributed by atoms with Crippen LogP contribution in [0.4, 0.5) is 0 Å². The average Bonchev–Trinajstić information content (AvgIpc) is 3.35. The van der Waals surface area contributed by atoms with Crippen molar-refractivity contribution in [1.29, 1.82) is 0 Å². The van der Waals surface area contributed by atoms with Crippen LogP contribution >= 0.6 is 24.0 Å². The molecule has 0 amide bonds.